The molecule has 0 aliphatic carbocycles. The smallest absolute Gasteiger partial charge is 0.335 e. The molecule has 0 fully saturated rings. The number of thioether (sulfide) groups is 2. The standard InChI is InChI=1S/C22H24O4S2.C7H6O2/c23-20(24)14-8-7-13-19(28-22(26)18-11-5-2-6-12-18)15-16-27-21(25)17-9-3-1-4-10-17;8-7(9)6-4-2-1-3-5-6/h1-6,9-12,19H,7-8,13-16H2,(H,23,24);1-5H,(H,8,9). The molecule has 0 aliphatic heterocycles. The zero-order chi connectivity index (χ0) is 26.9. The Balaban J connectivity index is 0.000000449. The Morgan fingerprint density at radius 1 is 0.622 bits per heavy atom. The van der Waals surface area contributed by atoms with E-state index in [0.717, 1.165) is 19.3 Å². The molecule has 0 aromatic heterocycles. The van der Waals surface area contributed by atoms with Crippen LogP contribution in [0.1, 0.15) is 63.2 Å². The molecule has 0 aliphatic rings. The van der Waals surface area contributed by atoms with Crippen molar-refractivity contribution in [2.75, 3.05) is 5.75 Å². The highest BCUT2D eigenvalue weighted by atomic mass is 32.2. The number of carbonyl (C=O) groups excluding carboxylic acids is 2. The number of benzene rings is 3. The molecule has 194 valence electrons. The summed E-state index contributed by atoms with van der Waals surface area (Å²) < 4.78 is 0. The molecule has 3 aromatic carbocycles. The summed E-state index contributed by atoms with van der Waals surface area (Å²) in [5.74, 6) is -1.05. The van der Waals surface area contributed by atoms with Gasteiger partial charge in [0.05, 0.1) is 5.56 Å². The maximum absolute atomic E-state index is 12.5. The molecule has 0 heterocycles. The van der Waals surface area contributed by atoms with Crippen LogP contribution >= 0.6 is 23.5 Å². The van der Waals surface area contributed by atoms with Crippen molar-refractivity contribution in [2.45, 2.75) is 37.4 Å². The van der Waals surface area contributed by atoms with Gasteiger partial charge in [-0.1, -0.05) is 109 Å². The molecule has 2 N–H and O–H groups in total. The third-order valence-corrected chi connectivity index (χ3v) is 7.35. The Morgan fingerprint density at radius 2 is 1.11 bits per heavy atom. The number of carbonyl (C=O) groups is 4. The van der Waals surface area contributed by atoms with Crippen LogP contribution in [0.15, 0.2) is 91.0 Å². The zero-order valence-electron chi connectivity index (χ0n) is 20.3. The normalized spacial score (nSPS) is 11.0. The molecule has 8 heteroatoms. The van der Waals surface area contributed by atoms with Crippen LogP contribution in [0.3, 0.4) is 0 Å². The van der Waals surface area contributed by atoms with Crippen LogP contribution in [0, 0.1) is 0 Å². The number of carboxylic acids is 2. The van der Waals surface area contributed by atoms with E-state index in [1.165, 1.54) is 23.5 Å². The van der Waals surface area contributed by atoms with Gasteiger partial charge >= 0.3 is 11.9 Å². The summed E-state index contributed by atoms with van der Waals surface area (Å²) in [4.78, 5) is 45.6. The van der Waals surface area contributed by atoms with Crippen LogP contribution in [0.4, 0.5) is 0 Å². The summed E-state index contributed by atoms with van der Waals surface area (Å²) in [7, 11) is 0. The second-order valence-electron chi connectivity index (χ2n) is 7.99. The van der Waals surface area contributed by atoms with Crippen LogP contribution in [-0.4, -0.2) is 43.4 Å². The van der Waals surface area contributed by atoms with Crippen LogP contribution in [0.5, 0.6) is 0 Å². The van der Waals surface area contributed by atoms with E-state index >= 15 is 0 Å². The lowest BCUT2D eigenvalue weighted by atomic mass is 10.1. The van der Waals surface area contributed by atoms with Gasteiger partial charge in [0.15, 0.2) is 0 Å². The van der Waals surface area contributed by atoms with Crippen molar-refractivity contribution in [1.82, 2.24) is 0 Å². The number of aromatic carboxylic acids is 1. The molecule has 3 rings (SSSR count). The molecule has 3 aromatic rings. The van der Waals surface area contributed by atoms with Gasteiger partial charge in [-0.15, -0.1) is 0 Å². The maximum Gasteiger partial charge on any atom is 0.335 e. The zero-order valence-corrected chi connectivity index (χ0v) is 22.0. The second-order valence-corrected chi connectivity index (χ2v) is 10.3. The minimum atomic E-state index is -0.879. The van der Waals surface area contributed by atoms with Gasteiger partial charge in [-0.05, 0) is 31.4 Å². The molecule has 0 amide bonds. The van der Waals surface area contributed by atoms with Crippen LogP contribution in [-0.2, 0) is 4.79 Å². The minimum absolute atomic E-state index is 0.0169. The molecule has 37 heavy (non-hydrogen) atoms. The van der Waals surface area contributed by atoms with Crippen LogP contribution < -0.4 is 0 Å². The highest BCUT2D eigenvalue weighted by Gasteiger charge is 2.17. The van der Waals surface area contributed by atoms with Gasteiger partial charge in [-0.3, -0.25) is 14.4 Å². The van der Waals surface area contributed by atoms with Crippen LogP contribution in [0.25, 0.3) is 0 Å². The van der Waals surface area contributed by atoms with E-state index in [1.807, 2.05) is 36.4 Å². The predicted octanol–water partition coefficient (Wildman–Crippen LogP) is 6.92. The van der Waals surface area contributed by atoms with Gasteiger partial charge in [0.1, 0.15) is 0 Å². The van der Waals surface area contributed by atoms with E-state index in [-0.39, 0.29) is 21.9 Å². The number of unbranched alkanes of at least 4 members (excludes halogenated alkanes) is 1. The minimum Gasteiger partial charge on any atom is -0.481 e. The topological polar surface area (TPSA) is 109 Å². The van der Waals surface area contributed by atoms with Crippen molar-refractivity contribution in [3.8, 4) is 0 Å². The molecule has 1 atom stereocenters. The Kier molecular flexibility index (Phi) is 13.9. The summed E-state index contributed by atoms with van der Waals surface area (Å²) in [6.07, 6.45) is 2.98. The van der Waals surface area contributed by atoms with Gasteiger partial charge in [0.2, 0.25) is 10.2 Å². The molecule has 0 saturated heterocycles. The molecule has 6 nitrogen and oxygen atoms in total. The number of carboxylic acid groups (broad SMARTS) is 2. The summed E-state index contributed by atoms with van der Waals surface area (Å²) in [6.45, 7) is 0. The van der Waals surface area contributed by atoms with Crippen LogP contribution in [0.2, 0.25) is 0 Å². The SMILES string of the molecule is O=C(O)CCCCC(CCSC(=O)c1ccccc1)SC(=O)c1ccccc1.O=C(O)c1ccccc1. The maximum atomic E-state index is 12.5. The fraction of sp³-hybridized carbons (Fsp3) is 0.241. The Bertz CT molecular complexity index is 1120. The summed E-state index contributed by atoms with van der Waals surface area (Å²) in [5, 5.41) is 17.3. The Morgan fingerprint density at radius 3 is 1.57 bits per heavy atom. The predicted molar refractivity (Wildman–Crippen MR) is 150 cm³/mol. The molecule has 1 unspecified atom stereocenters. The largest absolute Gasteiger partial charge is 0.481 e. The van der Waals surface area contributed by atoms with Crippen molar-refractivity contribution in [3.63, 3.8) is 0 Å². The molecular formula is C29H30O6S2. The van der Waals surface area contributed by atoms with E-state index in [9.17, 15) is 19.2 Å². The van der Waals surface area contributed by atoms with Crippen molar-refractivity contribution < 1.29 is 29.4 Å². The van der Waals surface area contributed by atoms with Crippen molar-refractivity contribution in [3.05, 3.63) is 108 Å². The lowest BCUT2D eigenvalue weighted by Gasteiger charge is -2.15. The number of hydrogen-bond donors (Lipinski definition) is 2. The van der Waals surface area contributed by atoms with E-state index in [0.29, 0.717) is 28.9 Å². The lowest BCUT2D eigenvalue weighted by Crippen LogP contribution is -2.10. The third kappa shape index (κ3) is 12.4. The van der Waals surface area contributed by atoms with Crippen molar-refractivity contribution in [1.29, 1.82) is 0 Å². The first-order chi connectivity index (χ1) is 17.9. The quantitative estimate of drug-likeness (QED) is 0.239. The molecule has 0 bridgehead atoms. The number of aliphatic carboxylic acids is 1. The van der Waals surface area contributed by atoms with E-state index < -0.39 is 11.9 Å². The monoisotopic (exact) mass is 538 g/mol. The van der Waals surface area contributed by atoms with Crippen molar-refractivity contribution in [2.24, 2.45) is 0 Å². The molecule has 0 radical (unpaired) electrons. The highest BCUT2D eigenvalue weighted by molar-refractivity contribution is 8.15. The third-order valence-electron chi connectivity index (χ3n) is 5.15. The number of rotatable bonds is 12. The average molecular weight is 539 g/mol. The first-order valence-electron chi connectivity index (χ1n) is 11.8. The van der Waals surface area contributed by atoms with Gasteiger partial charge in [0, 0.05) is 28.6 Å². The fourth-order valence-electron chi connectivity index (χ4n) is 3.23. The first kappa shape index (κ1) is 29.9. The van der Waals surface area contributed by atoms with Gasteiger partial charge in [-0.25, -0.2) is 4.79 Å². The molecular weight excluding hydrogens is 508 g/mol. The first-order valence-corrected chi connectivity index (χ1v) is 13.7. The van der Waals surface area contributed by atoms with Gasteiger partial charge in [0.25, 0.3) is 0 Å². The van der Waals surface area contributed by atoms with E-state index in [2.05, 4.69) is 0 Å². The average Bonchev–Trinajstić information content (AvgIpc) is 2.92. The summed E-state index contributed by atoms with van der Waals surface area (Å²) >= 11 is 2.56. The Hall–Kier alpha value is -3.36. The lowest BCUT2D eigenvalue weighted by molar-refractivity contribution is -0.137. The fourth-order valence-corrected chi connectivity index (χ4v) is 5.36. The summed E-state index contributed by atoms with van der Waals surface area (Å²) in [6, 6.07) is 26.6. The molecule has 0 saturated carbocycles. The van der Waals surface area contributed by atoms with Crippen molar-refractivity contribution >= 4 is 45.7 Å². The van der Waals surface area contributed by atoms with Gasteiger partial charge in [-0.2, -0.15) is 0 Å². The summed E-state index contributed by atoms with van der Waals surface area (Å²) in [5.41, 5.74) is 1.67. The second kappa shape index (κ2) is 17.2. The number of hydrogen-bond acceptors (Lipinski definition) is 6. The highest BCUT2D eigenvalue weighted by Crippen LogP contribution is 2.27. The molecule has 0 spiro atoms. The Labute approximate surface area is 225 Å². The van der Waals surface area contributed by atoms with Gasteiger partial charge < -0.3 is 10.2 Å². The van der Waals surface area contributed by atoms with E-state index in [4.69, 9.17) is 10.2 Å². The van der Waals surface area contributed by atoms with E-state index in [1.54, 1.807) is 54.6 Å².